The Morgan fingerprint density at radius 1 is 1.31 bits per heavy atom. The Balaban J connectivity index is 1.43. The van der Waals surface area contributed by atoms with Gasteiger partial charge < -0.3 is 10.2 Å². The topological polar surface area (TPSA) is 75.4 Å². The maximum absolute atomic E-state index is 12.7. The van der Waals surface area contributed by atoms with E-state index in [0.29, 0.717) is 0 Å². The third-order valence-electron chi connectivity index (χ3n) is 4.43. The fourth-order valence-electron chi connectivity index (χ4n) is 3.17. The molecule has 1 amide bonds. The van der Waals surface area contributed by atoms with Gasteiger partial charge in [-0.05, 0) is 36.4 Å². The zero-order chi connectivity index (χ0) is 17.9. The fraction of sp³-hybridized carbons (Fsp3) is 0.333. The molecular weight excluding hydrogens is 348 g/mol. The van der Waals surface area contributed by atoms with Crippen molar-refractivity contribution in [3.63, 3.8) is 0 Å². The van der Waals surface area contributed by atoms with Crippen LogP contribution in [0.5, 0.6) is 0 Å². The van der Waals surface area contributed by atoms with Crippen LogP contribution in [-0.2, 0) is 0 Å². The highest BCUT2D eigenvalue weighted by Crippen LogP contribution is 2.23. The largest absolute Gasteiger partial charge is 0.353 e. The average molecular weight is 368 g/mol. The first-order valence-electron chi connectivity index (χ1n) is 8.69. The zero-order valence-electron chi connectivity index (χ0n) is 14.5. The van der Waals surface area contributed by atoms with Crippen LogP contribution in [0.2, 0.25) is 0 Å². The van der Waals surface area contributed by atoms with E-state index >= 15 is 0 Å². The first kappa shape index (κ1) is 16.8. The third kappa shape index (κ3) is 3.37. The summed E-state index contributed by atoms with van der Waals surface area (Å²) >= 11 is 1.69. The molecule has 1 fully saturated rings. The maximum atomic E-state index is 12.7. The number of amides is 1. The lowest BCUT2D eigenvalue weighted by atomic mass is 10.2. The predicted molar refractivity (Wildman–Crippen MR) is 102 cm³/mol. The highest BCUT2D eigenvalue weighted by atomic mass is 32.2. The second kappa shape index (κ2) is 7.33. The minimum Gasteiger partial charge on any atom is -0.353 e. The summed E-state index contributed by atoms with van der Waals surface area (Å²) in [5, 5.41) is 15.5. The molecule has 0 aliphatic carbocycles. The highest BCUT2D eigenvalue weighted by Gasteiger charge is 2.26. The van der Waals surface area contributed by atoms with Gasteiger partial charge in [-0.3, -0.25) is 4.79 Å². The van der Waals surface area contributed by atoms with E-state index in [4.69, 9.17) is 0 Å². The van der Waals surface area contributed by atoms with Gasteiger partial charge in [-0.2, -0.15) is 4.52 Å². The molecule has 26 heavy (non-hydrogen) atoms. The van der Waals surface area contributed by atoms with E-state index < -0.39 is 0 Å². The quantitative estimate of drug-likeness (QED) is 0.696. The van der Waals surface area contributed by atoms with E-state index in [1.807, 2.05) is 36.4 Å². The number of aromatic nitrogens is 4. The smallest absolute Gasteiger partial charge is 0.252 e. The normalized spacial score (nSPS) is 17.0. The zero-order valence-corrected chi connectivity index (χ0v) is 15.3. The summed E-state index contributed by atoms with van der Waals surface area (Å²) in [7, 11) is 0. The summed E-state index contributed by atoms with van der Waals surface area (Å²) < 4.78 is 1.67. The van der Waals surface area contributed by atoms with Crippen molar-refractivity contribution in [3.8, 4) is 0 Å². The molecule has 4 rings (SSSR count). The van der Waals surface area contributed by atoms with Gasteiger partial charge in [-0.1, -0.05) is 19.1 Å². The number of nitrogens with zero attached hydrogens (tertiary/aromatic N) is 5. The molecule has 0 radical (unpaired) electrons. The summed E-state index contributed by atoms with van der Waals surface area (Å²) in [6.07, 6.45) is 2.49. The molecule has 0 bridgehead atoms. The van der Waals surface area contributed by atoms with Gasteiger partial charge in [0.2, 0.25) is 0 Å². The number of nitrogens with one attached hydrogen (secondary N) is 1. The standard InChI is InChI=1S/C18H20N6OS/c1-2-26-15-6-4-3-5-14(15)18(25)20-13-9-10-23(11-13)17-8-7-16-21-19-12-24(16)22-17/h3-8,12-13H,2,9-11H2,1H3,(H,20,25)/t13-/m1/s1. The van der Waals surface area contributed by atoms with Crippen molar-refractivity contribution < 1.29 is 4.79 Å². The Labute approximate surface area is 155 Å². The van der Waals surface area contributed by atoms with Crippen molar-refractivity contribution in [1.29, 1.82) is 0 Å². The fourth-order valence-corrected chi connectivity index (χ4v) is 3.97. The number of rotatable bonds is 5. The van der Waals surface area contributed by atoms with E-state index in [0.717, 1.165) is 47.2 Å². The first-order chi connectivity index (χ1) is 12.7. The number of fused-ring (bicyclic) bond motifs is 1. The molecular formula is C18H20N6OS. The number of hydrogen-bond acceptors (Lipinski definition) is 6. The van der Waals surface area contributed by atoms with Crippen LogP contribution < -0.4 is 10.2 Å². The van der Waals surface area contributed by atoms with Crippen molar-refractivity contribution >= 4 is 29.1 Å². The minimum absolute atomic E-state index is 0.00405. The van der Waals surface area contributed by atoms with Crippen molar-refractivity contribution in [2.45, 2.75) is 24.3 Å². The molecule has 2 aromatic heterocycles. The van der Waals surface area contributed by atoms with Crippen LogP contribution in [0.3, 0.4) is 0 Å². The monoisotopic (exact) mass is 368 g/mol. The van der Waals surface area contributed by atoms with Gasteiger partial charge in [-0.25, -0.2) is 0 Å². The van der Waals surface area contributed by atoms with Gasteiger partial charge in [0.1, 0.15) is 12.1 Å². The lowest BCUT2D eigenvalue weighted by molar-refractivity contribution is 0.0937. The van der Waals surface area contributed by atoms with Gasteiger partial charge in [0.25, 0.3) is 5.91 Å². The van der Waals surface area contributed by atoms with Crippen molar-refractivity contribution in [2.24, 2.45) is 0 Å². The number of thioether (sulfide) groups is 1. The van der Waals surface area contributed by atoms with Crippen LogP contribution in [0.1, 0.15) is 23.7 Å². The molecule has 1 aromatic carbocycles. The Kier molecular flexibility index (Phi) is 4.75. The molecule has 0 saturated carbocycles. The SMILES string of the molecule is CCSc1ccccc1C(=O)N[C@@H]1CCN(c2ccc3nncn3n2)C1. The number of hydrogen-bond donors (Lipinski definition) is 1. The van der Waals surface area contributed by atoms with Crippen LogP contribution in [0, 0.1) is 0 Å². The lowest BCUT2D eigenvalue weighted by Gasteiger charge is -2.18. The van der Waals surface area contributed by atoms with Crippen LogP contribution in [0.4, 0.5) is 5.82 Å². The second-order valence-corrected chi connectivity index (χ2v) is 7.47. The molecule has 0 spiro atoms. The van der Waals surface area contributed by atoms with Crippen molar-refractivity contribution in [1.82, 2.24) is 25.1 Å². The van der Waals surface area contributed by atoms with E-state index in [2.05, 4.69) is 32.4 Å². The Morgan fingerprint density at radius 2 is 2.19 bits per heavy atom. The third-order valence-corrected chi connectivity index (χ3v) is 5.38. The van der Waals surface area contributed by atoms with Gasteiger partial charge >= 0.3 is 0 Å². The van der Waals surface area contributed by atoms with E-state index in [-0.39, 0.29) is 11.9 Å². The van der Waals surface area contributed by atoms with Gasteiger partial charge in [-0.15, -0.1) is 27.1 Å². The summed E-state index contributed by atoms with van der Waals surface area (Å²) in [6.45, 7) is 3.69. The first-order valence-corrected chi connectivity index (χ1v) is 9.68. The van der Waals surface area contributed by atoms with Crippen molar-refractivity contribution in [3.05, 3.63) is 48.3 Å². The number of carbonyl (C=O) groups excluding carboxylic acids is 1. The molecule has 134 valence electrons. The molecule has 1 atom stereocenters. The number of carbonyl (C=O) groups is 1. The van der Waals surface area contributed by atoms with Crippen molar-refractivity contribution in [2.75, 3.05) is 23.7 Å². The van der Waals surface area contributed by atoms with Gasteiger partial charge in [0.05, 0.1) is 5.56 Å². The summed E-state index contributed by atoms with van der Waals surface area (Å²) in [6, 6.07) is 11.7. The Bertz CT molecular complexity index is 927. The van der Waals surface area contributed by atoms with E-state index in [9.17, 15) is 4.79 Å². The van der Waals surface area contributed by atoms with Crippen LogP contribution in [-0.4, -0.2) is 50.6 Å². The molecule has 3 aromatic rings. The molecule has 1 N–H and O–H groups in total. The second-order valence-electron chi connectivity index (χ2n) is 6.16. The molecule has 7 nitrogen and oxygen atoms in total. The maximum Gasteiger partial charge on any atom is 0.252 e. The minimum atomic E-state index is -0.00405. The molecule has 1 saturated heterocycles. The van der Waals surface area contributed by atoms with E-state index in [1.54, 1.807) is 22.6 Å². The Morgan fingerprint density at radius 3 is 3.08 bits per heavy atom. The van der Waals surface area contributed by atoms with Crippen LogP contribution in [0.15, 0.2) is 47.6 Å². The molecule has 3 heterocycles. The van der Waals surface area contributed by atoms with Gasteiger partial charge in [0.15, 0.2) is 5.65 Å². The van der Waals surface area contributed by atoms with Crippen LogP contribution in [0.25, 0.3) is 5.65 Å². The average Bonchev–Trinajstić information content (AvgIpc) is 3.31. The molecule has 8 heteroatoms. The number of benzene rings is 1. The summed E-state index contributed by atoms with van der Waals surface area (Å²) in [5.74, 6) is 1.81. The predicted octanol–water partition coefficient (Wildman–Crippen LogP) is 2.25. The summed E-state index contributed by atoms with van der Waals surface area (Å²) in [4.78, 5) is 15.9. The van der Waals surface area contributed by atoms with Crippen LogP contribution >= 0.6 is 11.8 Å². The lowest BCUT2D eigenvalue weighted by Crippen LogP contribution is -2.37. The molecule has 1 aliphatic heterocycles. The Hall–Kier alpha value is -2.61. The molecule has 0 unspecified atom stereocenters. The molecule has 1 aliphatic rings. The number of anilines is 1. The van der Waals surface area contributed by atoms with E-state index in [1.165, 1.54) is 0 Å². The summed E-state index contributed by atoms with van der Waals surface area (Å²) in [5.41, 5.74) is 1.48. The highest BCUT2D eigenvalue weighted by molar-refractivity contribution is 7.99. The van der Waals surface area contributed by atoms with Gasteiger partial charge in [0, 0.05) is 24.0 Å².